The van der Waals surface area contributed by atoms with Gasteiger partial charge in [-0.2, -0.15) is 5.10 Å². The van der Waals surface area contributed by atoms with E-state index in [1.54, 1.807) is 24.3 Å². The first-order chi connectivity index (χ1) is 9.56. The third-order valence-corrected chi connectivity index (χ3v) is 2.79. The van der Waals surface area contributed by atoms with E-state index in [2.05, 4.69) is 15.5 Å². The van der Waals surface area contributed by atoms with Crippen LogP contribution in [0.25, 0.3) is 0 Å². The number of halogens is 1. The highest BCUT2D eigenvalue weighted by molar-refractivity contribution is 7.80. The fourth-order valence-electron chi connectivity index (χ4n) is 1.45. The SMILES string of the molecule is NC(=S)c1cn[nH]c1NC(=O)COc1cccc(Cl)c1. The molecule has 0 unspecified atom stereocenters. The standard InChI is InChI=1S/C12H11ClN4O2S/c13-7-2-1-3-8(4-7)19-6-10(18)16-12-9(11(14)20)5-15-17-12/h1-5H,6H2,(H2,14,20)(H2,15,16,17,18). The van der Waals surface area contributed by atoms with Crippen molar-refractivity contribution in [3.63, 3.8) is 0 Å². The van der Waals surface area contributed by atoms with Gasteiger partial charge in [0.05, 0.1) is 11.8 Å². The van der Waals surface area contributed by atoms with Gasteiger partial charge in [-0.1, -0.05) is 29.9 Å². The van der Waals surface area contributed by atoms with Crippen LogP contribution >= 0.6 is 23.8 Å². The predicted octanol–water partition coefficient (Wildman–Crippen LogP) is 1.71. The molecule has 0 saturated carbocycles. The second kappa shape index (κ2) is 6.36. The maximum atomic E-state index is 11.7. The van der Waals surface area contributed by atoms with Gasteiger partial charge >= 0.3 is 0 Å². The number of ether oxygens (including phenoxy) is 1. The monoisotopic (exact) mass is 310 g/mol. The maximum absolute atomic E-state index is 11.7. The van der Waals surface area contributed by atoms with Crippen molar-refractivity contribution in [2.75, 3.05) is 11.9 Å². The van der Waals surface area contributed by atoms with Crippen molar-refractivity contribution in [3.8, 4) is 5.75 Å². The van der Waals surface area contributed by atoms with E-state index < -0.39 is 0 Å². The molecule has 2 aromatic rings. The molecule has 0 radical (unpaired) electrons. The predicted molar refractivity (Wildman–Crippen MR) is 80.1 cm³/mol. The Hall–Kier alpha value is -2.12. The number of nitrogens with zero attached hydrogens (tertiary/aromatic N) is 1. The molecule has 0 aliphatic heterocycles. The van der Waals surface area contributed by atoms with Crippen molar-refractivity contribution in [2.24, 2.45) is 5.73 Å². The number of amides is 1. The number of hydrogen-bond donors (Lipinski definition) is 3. The van der Waals surface area contributed by atoms with Crippen molar-refractivity contribution >= 4 is 40.5 Å². The molecule has 0 spiro atoms. The van der Waals surface area contributed by atoms with Crippen LogP contribution in [0.2, 0.25) is 5.02 Å². The zero-order chi connectivity index (χ0) is 14.5. The Bertz CT molecular complexity index is 644. The first-order valence-electron chi connectivity index (χ1n) is 5.57. The summed E-state index contributed by atoms with van der Waals surface area (Å²) in [6.07, 6.45) is 1.44. The van der Waals surface area contributed by atoms with E-state index in [1.807, 2.05) is 0 Å². The Labute approximate surface area is 125 Å². The largest absolute Gasteiger partial charge is 0.484 e. The number of aromatic amines is 1. The van der Waals surface area contributed by atoms with Gasteiger partial charge in [0.1, 0.15) is 16.6 Å². The molecule has 0 atom stereocenters. The average molecular weight is 311 g/mol. The van der Waals surface area contributed by atoms with Gasteiger partial charge in [0.2, 0.25) is 0 Å². The lowest BCUT2D eigenvalue weighted by atomic mass is 10.3. The molecular formula is C12H11ClN4O2S. The van der Waals surface area contributed by atoms with Gasteiger partial charge in [0.25, 0.3) is 5.91 Å². The van der Waals surface area contributed by atoms with Gasteiger partial charge in [0, 0.05) is 5.02 Å². The van der Waals surface area contributed by atoms with E-state index in [4.69, 9.17) is 34.3 Å². The van der Waals surface area contributed by atoms with Crippen molar-refractivity contribution < 1.29 is 9.53 Å². The Morgan fingerprint density at radius 3 is 3.05 bits per heavy atom. The van der Waals surface area contributed by atoms with Gasteiger partial charge in [-0.15, -0.1) is 0 Å². The van der Waals surface area contributed by atoms with Crippen LogP contribution in [0.1, 0.15) is 5.56 Å². The molecule has 1 amide bonds. The maximum Gasteiger partial charge on any atom is 0.263 e. The second-order valence-corrected chi connectivity index (χ2v) is 4.69. The first-order valence-corrected chi connectivity index (χ1v) is 6.36. The molecule has 4 N–H and O–H groups in total. The summed E-state index contributed by atoms with van der Waals surface area (Å²) in [5, 5.41) is 9.47. The van der Waals surface area contributed by atoms with E-state index in [9.17, 15) is 4.79 Å². The number of hydrogen-bond acceptors (Lipinski definition) is 4. The number of anilines is 1. The Morgan fingerprint density at radius 1 is 1.55 bits per heavy atom. The summed E-state index contributed by atoms with van der Waals surface area (Å²) < 4.78 is 5.30. The van der Waals surface area contributed by atoms with Crippen LogP contribution < -0.4 is 15.8 Å². The van der Waals surface area contributed by atoms with E-state index in [1.165, 1.54) is 6.20 Å². The lowest BCUT2D eigenvalue weighted by Crippen LogP contribution is -2.22. The number of nitrogens with one attached hydrogen (secondary N) is 2. The summed E-state index contributed by atoms with van der Waals surface area (Å²) >= 11 is 10.6. The molecule has 104 valence electrons. The smallest absolute Gasteiger partial charge is 0.263 e. The number of carbonyl (C=O) groups is 1. The lowest BCUT2D eigenvalue weighted by molar-refractivity contribution is -0.118. The zero-order valence-electron chi connectivity index (χ0n) is 10.2. The molecule has 0 bridgehead atoms. The fourth-order valence-corrected chi connectivity index (χ4v) is 1.78. The van der Waals surface area contributed by atoms with Crippen LogP contribution in [0, 0.1) is 0 Å². The zero-order valence-corrected chi connectivity index (χ0v) is 11.8. The molecule has 0 saturated heterocycles. The molecule has 1 heterocycles. The highest BCUT2D eigenvalue weighted by atomic mass is 35.5. The number of benzene rings is 1. The molecule has 8 heteroatoms. The van der Waals surface area contributed by atoms with Gasteiger partial charge < -0.3 is 15.8 Å². The van der Waals surface area contributed by atoms with Crippen LogP contribution in [0.15, 0.2) is 30.5 Å². The van der Waals surface area contributed by atoms with Crippen LogP contribution in [0.5, 0.6) is 5.75 Å². The molecule has 0 aliphatic rings. The summed E-state index contributed by atoms with van der Waals surface area (Å²) in [4.78, 5) is 11.9. The summed E-state index contributed by atoms with van der Waals surface area (Å²) in [5.74, 6) is 0.482. The third-order valence-electron chi connectivity index (χ3n) is 2.34. The highest BCUT2D eigenvalue weighted by Crippen LogP contribution is 2.17. The van der Waals surface area contributed by atoms with Gasteiger partial charge in [-0.3, -0.25) is 9.89 Å². The van der Waals surface area contributed by atoms with Crippen LogP contribution in [0.4, 0.5) is 5.82 Å². The van der Waals surface area contributed by atoms with Crippen LogP contribution in [0.3, 0.4) is 0 Å². The molecular weight excluding hydrogens is 300 g/mol. The lowest BCUT2D eigenvalue weighted by Gasteiger charge is -2.07. The number of carbonyl (C=O) groups excluding carboxylic acids is 1. The summed E-state index contributed by atoms with van der Waals surface area (Å²) in [6.45, 7) is -0.171. The molecule has 0 fully saturated rings. The van der Waals surface area contributed by atoms with Crippen molar-refractivity contribution in [1.82, 2.24) is 10.2 Å². The Kier molecular flexibility index (Phi) is 4.54. The number of H-pyrrole nitrogens is 1. The van der Waals surface area contributed by atoms with Gasteiger partial charge in [0.15, 0.2) is 6.61 Å². The second-order valence-electron chi connectivity index (χ2n) is 3.82. The van der Waals surface area contributed by atoms with E-state index in [0.717, 1.165) is 0 Å². The minimum Gasteiger partial charge on any atom is -0.484 e. The van der Waals surface area contributed by atoms with Crippen LogP contribution in [-0.2, 0) is 4.79 Å². The van der Waals surface area contributed by atoms with Crippen LogP contribution in [-0.4, -0.2) is 27.7 Å². The van der Waals surface area contributed by atoms with Crippen molar-refractivity contribution in [3.05, 3.63) is 41.0 Å². The average Bonchev–Trinajstić information content (AvgIpc) is 2.85. The van der Waals surface area contributed by atoms with E-state index in [-0.39, 0.29) is 17.5 Å². The summed E-state index contributed by atoms with van der Waals surface area (Å²) in [6, 6.07) is 6.77. The Balaban J connectivity index is 1.93. The minimum atomic E-state index is -0.369. The number of thiocarbonyl (C=S) groups is 1. The fraction of sp³-hybridized carbons (Fsp3) is 0.0833. The first kappa shape index (κ1) is 14.3. The Morgan fingerprint density at radius 2 is 2.35 bits per heavy atom. The van der Waals surface area contributed by atoms with Crippen molar-refractivity contribution in [1.29, 1.82) is 0 Å². The van der Waals surface area contributed by atoms with Crippen molar-refractivity contribution in [2.45, 2.75) is 0 Å². The molecule has 20 heavy (non-hydrogen) atoms. The number of aromatic nitrogens is 2. The molecule has 0 aliphatic carbocycles. The van der Waals surface area contributed by atoms with E-state index >= 15 is 0 Å². The highest BCUT2D eigenvalue weighted by Gasteiger charge is 2.11. The summed E-state index contributed by atoms with van der Waals surface area (Å²) in [5.41, 5.74) is 5.96. The quantitative estimate of drug-likeness (QED) is 0.731. The summed E-state index contributed by atoms with van der Waals surface area (Å²) in [7, 11) is 0. The third kappa shape index (κ3) is 3.69. The normalized spacial score (nSPS) is 10.1. The topological polar surface area (TPSA) is 93.0 Å². The number of rotatable bonds is 5. The molecule has 1 aromatic carbocycles. The van der Waals surface area contributed by atoms with Gasteiger partial charge in [-0.25, -0.2) is 0 Å². The molecule has 6 nitrogen and oxygen atoms in total. The number of nitrogens with two attached hydrogens (primary N) is 1. The molecule has 2 rings (SSSR count). The minimum absolute atomic E-state index is 0.143. The molecule has 1 aromatic heterocycles. The van der Waals surface area contributed by atoms with E-state index in [0.29, 0.717) is 22.2 Å². The van der Waals surface area contributed by atoms with Gasteiger partial charge in [-0.05, 0) is 18.2 Å².